The van der Waals surface area contributed by atoms with Crippen LogP contribution in [0.4, 0.5) is 5.69 Å². The van der Waals surface area contributed by atoms with Crippen molar-refractivity contribution in [2.75, 3.05) is 4.72 Å². The van der Waals surface area contributed by atoms with Gasteiger partial charge in [0.2, 0.25) is 0 Å². The molecule has 1 N–H and O–H groups in total. The number of sulfonamides is 1. The number of halogens is 1. The molecule has 0 bridgehead atoms. The molecular weight excluding hydrogens is 324 g/mol. The van der Waals surface area contributed by atoms with E-state index in [4.69, 9.17) is 11.6 Å². The molecule has 0 atom stereocenters. The highest BCUT2D eigenvalue weighted by Gasteiger charge is 2.25. The highest BCUT2D eigenvalue weighted by atomic mass is 35.5. The molecule has 0 unspecified atom stereocenters. The van der Waals surface area contributed by atoms with Crippen LogP contribution in [-0.4, -0.2) is 23.2 Å². The Kier molecular flexibility index (Phi) is 3.54. The van der Waals surface area contributed by atoms with Crippen LogP contribution in [0.5, 0.6) is 0 Å². The first-order valence-electron chi connectivity index (χ1n) is 6.45. The summed E-state index contributed by atoms with van der Waals surface area (Å²) in [6.45, 7) is 1.60. The summed E-state index contributed by atoms with van der Waals surface area (Å²) in [7, 11) is -2.24. The number of benzene rings is 1. The Hall–Kier alpha value is -2.12. The molecule has 0 aliphatic rings. The first-order valence-corrected chi connectivity index (χ1v) is 8.31. The molecule has 3 aromatic rings. The number of hydrogen-bond donors (Lipinski definition) is 1. The Bertz CT molecular complexity index is 966. The molecule has 0 aliphatic carbocycles. The van der Waals surface area contributed by atoms with E-state index in [1.807, 2.05) is 24.3 Å². The van der Waals surface area contributed by atoms with E-state index in [-0.39, 0.29) is 10.0 Å². The average molecular weight is 337 g/mol. The van der Waals surface area contributed by atoms with Crippen molar-refractivity contribution in [3.8, 4) is 0 Å². The molecule has 3 rings (SSSR count). The number of para-hydroxylation sites is 1. The van der Waals surface area contributed by atoms with Crippen LogP contribution < -0.4 is 4.72 Å². The van der Waals surface area contributed by atoms with Crippen molar-refractivity contribution >= 4 is 38.2 Å². The fourth-order valence-corrected chi connectivity index (χ4v) is 4.04. The highest BCUT2D eigenvalue weighted by molar-refractivity contribution is 7.92. The lowest BCUT2D eigenvalue weighted by Crippen LogP contribution is -2.14. The van der Waals surface area contributed by atoms with Crippen molar-refractivity contribution in [3.63, 3.8) is 0 Å². The maximum absolute atomic E-state index is 12.5. The molecule has 8 heteroatoms. The first kappa shape index (κ1) is 14.8. The summed E-state index contributed by atoms with van der Waals surface area (Å²) in [6.07, 6.45) is 1.47. The second-order valence-electron chi connectivity index (χ2n) is 4.85. The zero-order valence-electron chi connectivity index (χ0n) is 11.9. The minimum absolute atomic E-state index is 0.0233. The predicted octanol–water partition coefficient (Wildman–Crippen LogP) is 2.73. The van der Waals surface area contributed by atoms with Gasteiger partial charge in [0.05, 0.1) is 23.1 Å². The van der Waals surface area contributed by atoms with Gasteiger partial charge in [-0.05, 0) is 19.1 Å². The molecule has 22 heavy (non-hydrogen) atoms. The van der Waals surface area contributed by atoms with E-state index in [1.165, 1.54) is 10.9 Å². The van der Waals surface area contributed by atoms with Gasteiger partial charge in [-0.2, -0.15) is 5.10 Å². The third-order valence-electron chi connectivity index (χ3n) is 3.21. The van der Waals surface area contributed by atoms with E-state index >= 15 is 0 Å². The summed E-state index contributed by atoms with van der Waals surface area (Å²) >= 11 is 6.03. The Morgan fingerprint density at radius 2 is 2.00 bits per heavy atom. The van der Waals surface area contributed by atoms with Gasteiger partial charge in [-0.1, -0.05) is 29.8 Å². The van der Waals surface area contributed by atoms with Crippen molar-refractivity contribution in [3.05, 3.63) is 47.4 Å². The van der Waals surface area contributed by atoms with Gasteiger partial charge in [0, 0.05) is 12.4 Å². The topological polar surface area (TPSA) is 76.9 Å². The lowest BCUT2D eigenvalue weighted by Gasteiger charge is -2.08. The number of anilines is 1. The van der Waals surface area contributed by atoms with E-state index in [9.17, 15) is 8.42 Å². The zero-order chi connectivity index (χ0) is 15.9. The van der Waals surface area contributed by atoms with Crippen molar-refractivity contribution in [1.82, 2.24) is 14.8 Å². The van der Waals surface area contributed by atoms with Crippen LogP contribution in [0.25, 0.3) is 10.9 Å². The molecular formula is C14H13ClN4O2S. The maximum atomic E-state index is 12.5. The predicted molar refractivity (Wildman–Crippen MR) is 85.5 cm³/mol. The monoisotopic (exact) mass is 336 g/mol. The third-order valence-corrected chi connectivity index (χ3v) is 5.29. The highest BCUT2D eigenvalue weighted by Crippen LogP contribution is 2.26. The maximum Gasteiger partial charge on any atom is 0.266 e. The lowest BCUT2D eigenvalue weighted by molar-refractivity contribution is 0.600. The molecule has 0 saturated carbocycles. The summed E-state index contributed by atoms with van der Waals surface area (Å²) in [5, 5.41) is 4.93. The molecule has 0 saturated heterocycles. The largest absolute Gasteiger partial charge is 0.278 e. The zero-order valence-corrected chi connectivity index (χ0v) is 13.5. The van der Waals surface area contributed by atoms with Gasteiger partial charge in [0.1, 0.15) is 10.0 Å². The summed E-state index contributed by atoms with van der Waals surface area (Å²) in [5.74, 6) is 0. The Morgan fingerprint density at radius 3 is 2.68 bits per heavy atom. The van der Waals surface area contributed by atoms with E-state index in [0.717, 1.165) is 10.9 Å². The molecule has 6 nitrogen and oxygen atoms in total. The van der Waals surface area contributed by atoms with Crippen LogP contribution >= 0.6 is 11.6 Å². The van der Waals surface area contributed by atoms with Crippen molar-refractivity contribution < 1.29 is 8.42 Å². The van der Waals surface area contributed by atoms with Crippen LogP contribution in [0.1, 0.15) is 5.69 Å². The van der Waals surface area contributed by atoms with Gasteiger partial charge in [0.15, 0.2) is 0 Å². The SMILES string of the molecule is Cc1nn(C)c(Cl)c1S(=O)(=O)Nc1cnc2ccccc2c1. The van der Waals surface area contributed by atoms with Crippen LogP contribution in [-0.2, 0) is 17.1 Å². The summed E-state index contributed by atoms with van der Waals surface area (Å²) in [5.41, 5.74) is 1.51. The molecule has 0 fully saturated rings. The van der Waals surface area contributed by atoms with Gasteiger partial charge in [-0.15, -0.1) is 0 Å². The minimum Gasteiger partial charge on any atom is -0.278 e. The number of nitrogens with zero attached hydrogens (tertiary/aromatic N) is 3. The van der Waals surface area contributed by atoms with E-state index in [0.29, 0.717) is 11.4 Å². The molecule has 0 amide bonds. The number of fused-ring (bicyclic) bond motifs is 1. The van der Waals surface area contributed by atoms with Gasteiger partial charge in [-0.3, -0.25) is 14.4 Å². The quantitative estimate of drug-likeness (QED) is 0.797. The smallest absolute Gasteiger partial charge is 0.266 e. The Balaban J connectivity index is 2.03. The van der Waals surface area contributed by atoms with Gasteiger partial charge in [0.25, 0.3) is 10.0 Å². The van der Waals surface area contributed by atoms with Crippen LogP contribution in [0.2, 0.25) is 5.15 Å². The number of hydrogen-bond acceptors (Lipinski definition) is 4. The van der Waals surface area contributed by atoms with Crippen LogP contribution in [0.3, 0.4) is 0 Å². The average Bonchev–Trinajstić information content (AvgIpc) is 2.72. The van der Waals surface area contributed by atoms with Gasteiger partial charge >= 0.3 is 0 Å². The van der Waals surface area contributed by atoms with E-state index < -0.39 is 10.0 Å². The fourth-order valence-electron chi connectivity index (χ4n) is 2.25. The number of nitrogens with one attached hydrogen (secondary N) is 1. The third kappa shape index (κ3) is 2.53. The number of aromatic nitrogens is 3. The fraction of sp³-hybridized carbons (Fsp3) is 0.143. The normalized spacial score (nSPS) is 11.8. The second-order valence-corrected chi connectivity index (χ2v) is 6.83. The van der Waals surface area contributed by atoms with Crippen molar-refractivity contribution in [1.29, 1.82) is 0 Å². The van der Waals surface area contributed by atoms with E-state index in [2.05, 4.69) is 14.8 Å². The molecule has 2 heterocycles. The molecule has 0 radical (unpaired) electrons. The molecule has 0 aliphatic heterocycles. The number of pyridine rings is 1. The first-order chi connectivity index (χ1) is 10.4. The van der Waals surface area contributed by atoms with Gasteiger partial charge < -0.3 is 0 Å². The molecule has 114 valence electrons. The minimum atomic E-state index is -3.83. The van der Waals surface area contributed by atoms with Crippen LogP contribution in [0, 0.1) is 6.92 Å². The summed E-state index contributed by atoms with van der Waals surface area (Å²) in [4.78, 5) is 4.20. The number of aryl methyl sites for hydroxylation is 2. The summed E-state index contributed by atoms with van der Waals surface area (Å²) in [6, 6.07) is 9.18. The van der Waals surface area contributed by atoms with Crippen molar-refractivity contribution in [2.45, 2.75) is 11.8 Å². The van der Waals surface area contributed by atoms with E-state index in [1.54, 1.807) is 20.0 Å². The Labute approximate surface area is 132 Å². The van der Waals surface area contributed by atoms with Gasteiger partial charge in [-0.25, -0.2) is 8.42 Å². The standard InChI is InChI=1S/C14H13ClN4O2S/c1-9-13(14(15)19(2)17-9)22(20,21)18-11-7-10-5-3-4-6-12(10)16-8-11/h3-8,18H,1-2H3. The molecule has 2 aromatic heterocycles. The second kappa shape index (κ2) is 5.26. The Morgan fingerprint density at radius 1 is 1.27 bits per heavy atom. The number of rotatable bonds is 3. The molecule has 0 spiro atoms. The van der Waals surface area contributed by atoms with Crippen molar-refractivity contribution in [2.24, 2.45) is 7.05 Å². The van der Waals surface area contributed by atoms with Crippen LogP contribution in [0.15, 0.2) is 41.4 Å². The molecule has 1 aromatic carbocycles. The lowest BCUT2D eigenvalue weighted by atomic mass is 10.2. The summed E-state index contributed by atoms with van der Waals surface area (Å²) < 4.78 is 28.8.